The van der Waals surface area contributed by atoms with Gasteiger partial charge >= 0.3 is 6.18 Å². The summed E-state index contributed by atoms with van der Waals surface area (Å²) in [5, 5.41) is 10.7. The van der Waals surface area contributed by atoms with Crippen molar-refractivity contribution in [1.82, 2.24) is 0 Å². The Morgan fingerprint density at radius 2 is 1.85 bits per heavy atom. The highest BCUT2D eigenvalue weighted by molar-refractivity contribution is 7.11. The summed E-state index contributed by atoms with van der Waals surface area (Å²) in [6.07, 6.45) is -4.52. The van der Waals surface area contributed by atoms with Gasteiger partial charge in [0.05, 0.1) is 16.2 Å². The van der Waals surface area contributed by atoms with E-state index in [-0.39, 0.29) is 16.2 Å². The molecule has 0 radical (unpaired) electrons. The van der Waals surface area contributed by atoms with Gasteiger partial charge in [-0.15, -0.1) is 11.3 Å². The molecule has 0 atom stereocenters. The molecule has 0 aliphatic carbocycles. The molecule has 0 unspecified atom stereocenters. The number of hydrogen-bond acceptors (Lipinski definition) is 2. The van der Waals surface area contributed by atoms with Crippen molar-refractivity contribution >= 4 is 33.5 Å². The summed E-state index contributed by atoms with van der Waals surface area (Å²) in [7, 11) is 0. The quantitative estimate of drug-likeness (QED) is 0.681. The maximum atomic E-state index is 13.0. The summed E-state index contributed by atoms with van der Waals surface area (Å²) in [4.78, 5) is 0.537. The highest BCUT2D eigenvalue weighted by Crippen LogP contribution is 2.39. The van der Waals surface area contributed by atoms with Crippen molar-refractivity contribution in [2.75, 3.05) is 0 Å². The number of thiophene rings is 1. The molecular formula is C14H7ClF3NS. The average Bonchev–Trinajstić information content (AvgIpc) is 2.92. The zero-order valence-corrected chi connectivity index (χ0v) is 11.5. The maximum Gasteiger partial charge on any atom is 0.417 e. The van der Waals surface area contributed by atoms with Crippen LogP contribution in [0, 0.1) is 11.3 Å². The minimum absolute atomic E-state index is 0.0402. The van der Waals surface area contributed by atoms with Crippen LogP contribution < -0.4 is 0 Å². The van der Waals surface area contributed by atoms with Crippen LogP contribution in [-0.4, -0.2) is 0 Å². The van der Waals surface area contributed by atoms with E-state index in [9.17, 15) is 13.2 Å². The summed E-state index contributed by atoms with van der Waals surface area (Å²) in [6.45, 7) is 0. The molecule has 1 aromatic carbocycles. The molecule has 2 rings (SSSR count). The van der Waals surface area contributed by atoms with Gasteiger partial charge in [-0.3, -0.25) is 0 Å². The molecule has 0 amide bonds. The molecule has 102 valence electrons. The molecule has 0 N–H and O–H groups in total. The molecule has 1 heterocycles. The third kappa shape index (κ3) is 2.87. The van der Waals surface area contributed by atoms with E-state index in [1.54, 1.807) is 17.5 Å². The molecule has 0 saturated heterocycles. The molecule has 0 spiro atoms. The predicted octanol–water partition coefficient (Wildman–Crippen LogP) is 5.40. The van der Waals surface area contributed by atoms with Crippen LogP contribution in [-0.2, 0) is 6.18 Å². The number of rotatable bonds is 2. The zero-order chi connectivity index (χ0) is 14.8. The number of allylic oxidation sites excluding steroid dienone is 1. The number of benzene rings is 1. The van der Waals surface area contributed by atoms with Crippen LogP contribution in [0.3, 0.4) is 0 Å². The van der Waals surface area contributed by atoms with Gasteiger partial charge in [-0.05, 0) is 17.5 Å². The SMILES string of the molecule is N#CC(=C(Cl)c1ccccc1C(F)(F)F)c1cccs1. The number of hydrogen-bond donors (Lipinski definition) is 0. The Balaban J connectivity index is 2.65. The van der Waals surface area contributed by atoms with E-state index in [4.69, 9.17) is 16.9 Å². The first-order valence-corrected chi connectivity index (χ1v) is 6.71. The Bertz CT molecular complexity index is 681. The summed E-state index contributed by atoms with van der Waals surface area (Å²) in [5.74, 6) is 0. The summed E-state index contributed by atoms with van der Waals surface area (Å²) >= 11 is 7.28. The highest BCUT2D eigenvalue weighted by Gasteiger charge is 2.34. The Morgan fingerprint density at radius 3 is 2.40 bits per heavy atom. The second kappa shape index (κ2) is 5.70. The molecule has 1 nitrogen and oxygen atoms in total. The van der Waals surface area contributed by atoms with Gasteiger partial charge in [-0.2, -0.15) is 18.4 Å². The molecular weight excluding hydrogens is 307 g/mol. The standard InChI is InChI=1S/C14H7ClF3NS/c15-13(10(8-19)12-6-3-7-20-12)9-4-1-2-5-11(9)14(16,17)18/h1-7H. The van der Waals surface area contributed by atoms with Crippen LogP contribution >= 0.6 is 22.9 Å². The monoisotopic (exact) mass is 313 g/mol. The van der Waals surface area contributed by atoms with E-state index in [2.05, 4.69) is 0 Å². The number of nitrogens with zero attached hydrogens (tertiary/aromatic N) is 1. The van der Waals surface area contributed by atoms with E-state index in [0.29, 0.717) is 4.88 Å². The van der Waals surface area contributed by atoms with E-state index in [0.717, 1.165) is 6.07 Å². The molecule has 6 heteroatoms. The Hall–Kier alpha value is -1.77. The van der Waals surface area contributed by atoms with Gasteiger partial charge in [-0.1, -0.05) is 35.9 Å². The zero-order valence-electron chi connectivity index (χ0n) is 9.91. The molecule has 0 fully saturated rings. The predicted molar refractivity (Wildman–Crippen MR) is 74.0 cm³/mol. The van der Waals surface area contributed by atoms with Crippen LogP contribution in [0.4, 0.5) is 13.2 Å². The van der Waals surface area contributed by atoms with E-state index in [1.165, 1.54) is 29.5 Å². The summed E-state index contributed by atoms with van der Waals surface area (Å²) < 4.78 is 38.9. The third-order valence-electron chi connectivity index (χ3n) is 2.57. The molecule has 0 bridgehead atoms. The summed E-state index contributed by atoms with van der Waals surface area (Å²) in [6, 6.07) is 10.2. The van der Waals surface area contributed by atoms with E-state index < -0.39 is 11.7 Å². The van der Waals surface area contributed by atoms with Crippen LogP contribution in [0.5, 0.6) is 0 Å². The molecule has 2 aromatic rings. The van der Waals surface area contributed by atoms with Gasteiger partial charge < -0.3 is 0 Å². The molecule has 0 aliphatic rings. The fraction of sp³-hybridized carbons (Fsp3) is 0.0714. The molecule has 1 aromatic heterocycles. The Morgan fingerprint density at radius 1 is 1.15 bits per heavy atom. The van der Waals surface area contributed by atoms with Gasteiger partial charge in [0.15, 0.2) is 0 Å². The number of halogens is 4. The van der Waals surface area contributed by atoms with Crippen molar-refractivity contribution in [2.24, 2.45) is 0 Å². The fourth-order valence-corrected chi connectivity index (χ4v) is 2.78. The Labute approximate surface area is 122 Å². The lowest BCUT2D eigenvalue weighted by Gasteiger charge is -2.12. The number of alkyl halides is 3. The lowest BCUT2D eigenvalue weighted by atomic mass is 10.0. The molecule has 20 heavy (non-hydrogen) atoms. The third-order valence-corrected chi connectivity index (χ3v) is 3.85. The lowest BCUT2D eigenvalue weighted by Crippen LogP contribution is -2.08. The smallest absolute Gasteiger partial charge is 0.192 e. The maximum absolute atomic E-state index is 13.0. The van der Waals surface area contributed by atoms with Crippen molar-refractivity contribution < 1.29 is 13.2 Å². The number of nitriles is 1. The van der Waals surface area contributed by atoms with Gasteiger partial charge in [0.1, 0.15) is 6.07 Å². The minimum Gasteiger partial charge on any atom is -0.192 e. The second-order valence-corrected chi connectivity index (χ2v) is 5.15. The normalized spacial score (nSPS) is 12.8. The molecule has 0 saturated carbocycles. The first-order chi connectivity index (χ1) is 9.45. The molecule has 0 aliphatic heterocycles. The van der Waals surface area contributed by atoms with Crippen LogP contribution in [0.1, 0.15) is 16.0 Å². The van der Waals surface area contributed by atoms with E-state index >= 15 is 0 Å². The van der Waals surface area contributed by atoms with Crippen LogP contribution in [0.25, 0.3) is 10.6 Å². The average molecular weight is 314 g/mol. The first-order valence-electron chi connectivity index (χ1n) is 5.45. The lowest BCUT2D eigenvalue weighted by molar-refractivity contribution is -0.137. The van der Waals surface area contributed by atoms with Crippen molar-refractivity contribution in [3.05, 3.63) is 57.8 Å². The van der Waals surface area contributed by atoms with Crippen LogP contribution in [0.2, 0.25) is 0 Å². The van der Waals surface area contributed by atoms with Crippen LogP contribution in [0.15, 0.2) is 41.8 Å². The van der Waals surface area contributed by atoms with Gasteiger partial charge in [0, 0.05) is 10.4 Å². The fourth-order valence-electron chi connectivity index (χ4n) is 1.69. The van der Waals surface area contributed by atoms with Crippen molar-refractivity contribution in [2.45, 2.75) is 6.18 Å². The van der Waals surface area contributed by atoms with Gasteiger partial charge in [-0.25, -0.2) is 0 Å². The van der Waals surface area contributed by atoms with Crippen molar-refractivity contribution in [3.8, 4) is 6.07 Å². The van der Waals surface area contributed by atoms with Crippen molar-refractivity contribution in [1.29, 1.82) is 5.26 Å². The highest BCUT2D eigenvalue weighted by atomic mass is 35.5. The largest absolute Gasteiger partial charge is 0.417 e. The first kappa shape index (κ1) is 14.6. The summed E-state index contributed by atoms with van der Waals surface area (Å²) in [5.41, 5.74) is -1.00. The van der Waals surface area contributed by atoms with Gasteiger partial charge in [0.2, 0.25) is 0 Å². The Kier molecular flexibility index (Phi) is 4.17. The van der Waals surface area contributed by atoms with E-state index in [1.807, 2.05) is 6.07 Å². The van der Waals surface area contributed by atoms with Crippen molar-refractivity contribution in [3.63, 3.8) is 0 Å². The second-order valence-electron chi connectivity index (χ2n) is 3.82. The topological polar surface area (TPSA) is 23.8 Å². The van der Waals surface area contributed by atoms with Gasteiger partial charge in [0.25, 0.3) is 0 Å². The minimum atomic E-state index is -4.52.